The molecule has 3 heterocycles. The number of pyridine rings is 1. The molecule has 5 nitrogen and oxygen atoms in total. The summed E-state index contributed by atoms with van der Waals surface area (Å²) in [6.45, 7) is 4.95. The topological polar surface area (TPSA) is 62.1 Å². The van der Waals surface area contributed by atoms with Crippen molar-refractivity contribution in [3.63, 3.8) is 0 Å². The Kier molecular flexibility index (Phi) is 4.33. The van der Waals surface area contributed by atoms with Crippen molar-refractivity contribution in [2.45, 2.75) is 32.3 Å². The molecule has 0 bridgehead atoms. The quantitative estimate of drug-likeness (QED) is 0.657. The number of hydrogen-bond donors (Lipinski definition) is 1. The van der Waals surface area contributed by atoms with Gasteiger partial charge in [0.1, 0.15) is 11.3 Å². The summed E-state index contributed by atoms with van der Waals surface area (Å²) >= 11 is 11.7. The van der Waals surface area contributed by atoms with Crippen LogP contribution in [0.3, 0.4) is 0 Å². The zero-order valence-corrected chi connectivity index (χ0v) is 14.4. The van der Waals surface area contributed by atoms with Gasteiger partial charge in [0, 0.05) is 25.2 Å². The summed E-state index contributed by atoms with van der Waals surface area (Å²) in [5.41, 5.74) is -0.733. The van der Waals surface area contributed by atoms with E-state index in [0.29, 0.717) is 17.7 Å². The molecule has 0 aromatic carbocycles. The summed E-state index contributed by atoms with van der Waals surface area (Å²) in [6.07, 6.45) is 3.29. The van der Waals surface area contributed by atoms with Crippen LogP contribution in [0.2, 0.25) is 10.4 Å². The third-order valence-electron chi connectivity index (χ3n) is 4.31. The monoisotopic (exact) mass is 358 g/mol. The highest BCUT2D eigenvalue weighted by Crippen LogP contribution is 2.34. The number of aromatic nitrogens is 3. The average molecular weight is 359 g/mol. The average Bonchev–Trinajstić information content (AvgIpc) is 2.50. The molecule has 0 radical (unpaired) electrons. The lowest BCUT2D eigenvalue weighted by Crippen LogP contribution is -2.45. The molecule has 124 valence electrons. The number of anilines is 1. The molecule has 2 aromatic rings. The molecule has 0 amide bonds. The van der Waals surface area contributed by atoms with Gasteiger partial charge in [-0.15, -0.1) is 0 Å². The maximum absolute atomic E-state index is 14.2. The van der Waals surface area contributed by atoms with Gasteiger partial charge in [-0.2, -0.15) is 4.98 Å². The predicted octanol–water partition coefficient (Wildman–Crippen LogP) is 3.46. The van der Waals surface area contributed by atoms with Crippen LogP contribution in [-0.2, 0) is 0 Å². The smallest absolute Gasteiger partial charge is 0.225 e. The Bertz CT molecular complexity index is 750. The van der Waals surface area contributed by atoms with E-state index in [2.05, 4.69) is 15.0 Å². The van der Waals surface area contributed by atoms with Crippen LogP contribution >= 0.6 is 23.2 Å². The molecule has 2 aromatic heterocycles. The fourth-order valence-corrected chi connectivity index (χ4v) is 3.28. The van der Waals surface area contributed by atoms with E-state index < -0.39 is 11.4 Å². The van der Waals surface area contributed by atoms with Crippen molar-refractivity contribution in [2.75, 3.05) is 18.0 Å². The minimum absolute atomic E-state index is 0.0425. The molecule has 1 N–H and O–H groups in total. The number of aliphatic hydroxyl groups is 1. The SMILES string of the molecule is CC(C)(O)C1CCCN(c2nc(Cl)nc3c(F)c(Cl)ncc23)C1. The van der Waals surface area contributed by atoms with Gasteiger partial charge in [0.05, 0.1) is 11.0 Å². The van der Waals surface area contributed by atoms with Crippen LogP contribution in [0.25, 0.3) is 10.9 Å². The lowest BCUT2D eigenvalue weighted by atomic mass is 9.84. The molecule has 1 unspecified atom stereocenters. The van der Waals surface area contributed by atoms with Crippen LogP contribution in [0.5, 0.6) is 0 Å². The molecule has 23 heavy (non-hydrogen) atoms. The molecule has 1 fully saturated rings. The Morgan fingerprint density at radius 2 is 2.09 bits per heavy atom. The van der Waals surface area contributed by atoms with Gasteiger partial charge in [-0.1, -0.05) is 11.6 Å². The summed E-state index contributed by atoms with van der Waals surface area (Å²) in [7, 11) is 0. The minimum atomic E-state index is -0.794. The van der Waals surface area contributed by atoms with Gasteiger partial charge in [-0.25, -0.2) is 14.4 Å². The first-order valence-electron chi connectivity index (χ1n) is 7.42. The third-order valence-corrected chi connectivity index (χ3v) is 4.75. The fourth-order valence-electron chi connectivity index (χ4n) is 2.98. The fraction of sp³-hybridized carbons (Fsp3) is 0.533. The second-order valence-corrected chi connectivity index (χ2v) is 7.08. The van der Waals surface area contributed by atoms with Gasteiger partial charge in [-0.3, -0.25) is 0 Å². The molecule has 1 aliphatic rings. The zero-order valence-electron chi connectivity index (χ0n) is 12.9. The minimum Gasteiger partial charge on any atom is -0.390 e. The predicted molar refractivity (Wildman–Crippen MR) is 88.5 cm³/mol. The van der Waals surface area contributed by atoms with Crippen LogP contribution in [0.4, 0.5) is 10.2 Å². The standard InChI is InChI=1S/C15H17Cl2FN4O/c1-15(2,23)8-4-3-5-22(7-8)13-9-6-19-12(16)10(18)11(9)20-14(17)21-13/h6,8,23H,3-5,7H2,1-2H3. The number of halogens is 3. The molecule has 0 aliphatic carbocycles. The van der Waals surface area contributed by atoms with Gasteiger partial charge in [0.15, 0.2) is 11.0 Å². The van der Waals surface area contributed by atoms with E-state index in [9.17, 15) is 9.50 Å². The highest BCUT2D eigenvalue weighted by Gasteiger charge is 2.32. The second kappa shape index (κ2) is 6.00. The van der Waals surface area contributed by atoms with E-state index in [1.807, 2.05) is 4.90 Å². The summed E-state index contributed by atoms with van der Waals surface area (Å²) in [6, 6.07) is 0. The summed E-state index contributed by atoms with van der Waals surface area (Å²) in [5, 5.41) is 10.5. The van der Waals surface area contributed by atoms with Crippen molar-refractivity contribution in [3.05, 3.63) is 22.5 Å². The van der Waals surface area contributed by atoms with Gasteiger partial charge >= 0.3 is 0 Å². The van der Waals surface area contributed by atoms with Crippen LogP contribution in [0.1, 0.15) is 26.7 Å². The van der Waals surface area contributed by atoms with Gasteiger partial charge in [0.25, 0.3) is 0 Å². The first-order valence-corrected chi connectivity index (χ1v) is 8.17. The highest BCUT2D eigenvalue weighted by atomic mass is 35.5. The molecule has 0 spiro atoms. The zero-order chi connectivity index (χ0) is 16.8. The van der Waals surface area contributed by atoms with Crippen molar-refractivity contribution < 1.29 is 9.50 Å². The molecule has 0 saturated carbocycles. The Balaban J connectivity index is 2.07. The summed E-state index contributed by atoms with van der Waals surface area (Å²) in [4.78, 5) is 14.0. The summed E-state index contributed by atoms with van der Waals surface area (Å²) in [5.74, 6) is -0.0899. The Morgan fingerprint density at radius 3 is 2.78 bits per heavy atom. The van der Waals surface area contributed by atoms with Crippen molar-refractivity contribution in [1.82, 2.24) is 15.0 Å². The molecule has 1 atom stereocenters. The Hall–Kier alpha value is -1.24. The molecule has 1 aliphatic heterocycles. The van der Waals surface area contributed by atoms with Crippen LogP contribution in [-0.4, -0.2) is 38.7 Å². The molecule has 3 rings (SSSR count). The molecule has 8 heteroatoms. The first kappa shape index (κ1) is 16.6. The van der Waals surface area contributed by atoms with Crippen molar-refractivity contribution in [1.29, 1.82) is 0 Å². The van der Waals surface area contributed by atoms with E-state index in [0.717, 1.165) is 19.4 Å². The summed E-state index contributed by atoms with van der Waals surface area (Å²) < 4.78 is 14.2. The van der Waals surface area contributed by atoms with E-state index in [1.54, 1.807) is 13.8 Å². The molecular weight excluding hydrogens is 342 g/mol. The van der Waals surface area contributed by atoms with Gasteiger partial charge in [-0.05, 0) is 38.3 Å². The van der Waals surface area contributed by atoms with Gasteiger partial charge in [0.2, 0.25) is 5.28 Å². The maximum atomic E-state index is 14.2. The van der Waals surface area contributed by atoms with Crippen LogP contribution in [0.15, 0.2) is 6.20 Å². The Morgan fingerprint density at radius 1 is 1.35 bits per heavy atom. The first-order chi connectivity index (χ1) is 10.8. The number of nitrogens with zero attached hydrogens (tertiary/aromatic N) is 4. The maximum Gasteiger partial charge on any atom is 0.225 e. The van der Waals surface area contributed by atoms with Crippen molar-refractivity contribution >= 4 is 39.9 Å². The van der Waals surface area contributed by atoms with E-state index in [1.165, 1.54) is 6.20 Å². The van der Waals surface area contributed by atoms with E-state index >= 15 is 0 Å². The Labute approximate surface area is 143 Å². The van der Waals surface area contributed by atoms with Crippen LogP contribution < -0.4 is 4.90 Å². The van der Waals surface area contributed by atoms with Crippen LogP contribution in [0, 0.1) is 11.7 Å². The number of hydrogen-bond acceptors (Lipinski definition) is 5. The lowest BCUT2D eigenvalue weighted by molar-refractivity contribution is 0.0110. The third kappa shape index (κ3) is 3.20. The lowest BCUT2D eigenvalue weighted by Gasteiger charge is -2.39. The number of piperidine rings is 1. The van der Waals surface area contributed by atoms with Crippen molar-refractivity contribution in [3.8, 4) is 0 Å². The molecular formula is C15H17Cl2FN4O. The van der Waals surface area contributed by atoms with E-state index in [-0.39, 0.29) is 21.9 Å². The van der Waals surface area contributed by atoms with E-state index in [4.69, 9.17) is 23.2 Å². The number of rotatable bonds is 2. The molecule has 1 saturated heterocycles. The highest BCUT2D eigenvalue weighted by molar-refractivity contribution is 6.30. The largest absolute Gasteiger partial charge is 0.390 e. The normalized spacial score (nSPS) is 19.4. The van der Waals surface area contributed by atoms with Gasteiger partial charge < -0.3 is 10.0 Å². The van der Waals surface area contributed by atoms with Crippen molar-refractivity contribution in [2.24, 2.45) is 5.92 Å². The second-order valence-electron chi connectivity index (χ2n) is 6.38. The number of fused-ring (bicyclic) bond motifs is 1.